The van der Waals surface area contributed by atoms with Gasteiger partial charge in [-0.1, -0.05) is 6.92 Å². The summed E-state index contributed by atoms with van der Waals surface area (Å²) in [6, 6.07) is 2.21. The predicted molar refractivity (Wildman–Crippen MR) is 59.2 cm³/mol. The van der Waals surface area contributed by atoms with E-state index in [0.717, 1.165) is 17.0 Å². The van der Waals surface area contributed by atoms with Crippen molar-refractivity contribution in [3.8, 4) is 0 Å². The zero-order chi connectivity index (χ0) is 13.7. The second-order valence-electron chi connectivity index (χ2n) is 3.52. The summed E-state index contributed by atoms with van der Waals surface area (Å²) in [6.07, 6.45) is 0.571. The first-order valence-corrected chi connectivity index (χ1v) is 5.21. The summed E-state index contributed by atoms with van der Waals surface area (Å²) in [5.41, 5.74) is 0. The van der Waals surface area contributed by atoms with Crippen molar-refractivity contribution in [3.05, 3.63) is 28.0 Å². The van der Waals surface area contributed by atoms with E-state index in [0.29, 0.717) is 6.42 Å². The topological polar surface area (TPSA) is 114 Å². The Morgan fingerprint density at radius 3 is 2.61 bits per heavy atom. The maximum absolute atomic E-state index is 11.9. The number of amides is 1. The lowest BCUT2D eigenvalue weighted by molar-refractivity contribution is -0.402. The van der Waals surface area contributed by atoms with Gasteiger partial charge < -0.3 is 14.4 Å². The fourth-order valence-corrected chi connectivity index (χ4v) is 1.38. The lowest BCUT2D eigenvalue weighted by atomic mass is 10.3. The number of nitrogens with zero attached hydrogens (tertiary/aromatic N) is 2. The standard InChI is InChI=1S/C10H12N2O6/c1-2-5-11(6-9(13)14)10(15)7-3-4-8(18-7)12(16)17/h3-4H,2,5-6H2,1H3,(H,13,14). The molecule has 0 saturated carbocycles. The van der Waals surface area contributed by atoms with Crippen LogP contribution >= 0.6 is 0 Å². The molecule has 1 rings (SSSR count). The molecule has 0 fully saturated rings. The maximum Gasteiger partial charge on any atom is 0.433 e. The molecule has 98 valence electrons. The first kappa shape index (κ1) is 13.7. The molecule has 8 heteroatoms. The Kier molecular flexibility index (Phi) is 4.41. The van der Waals surface area contributed by atoms with Crippen molar-refractivity contribution < 1.29 is 24.0 Å². The van der Waals surface area contributed by atoms with E-state index in [9.17, 15) is 19.7 Å². The normalized spacial score (nSPS) is 10.1. The molecule has 0 aromatic carbocycles. The molecular weight excluding hydrogens is 244 g/mol. The van der Waals surface area contributed by atoms with Gasteiger partial charge in [0.25, 0.3) is 5.91 Å². The third-order valence-electron chi connectivity index (χ3n) is 2.09. The van der Waals surface area contributed by atoms with Crippen LogP contribution in [0.3, 0.4) is 0 Å². The van der Waals surface area contributed by atoms with Crippen molar-refractivity contribution in [1.82, 2.24) is 4.90 Å². The number of hydrogen-bond acceptors (Lipinski definition) is 5. The molecule has 8 nitrogen and oxygen atoms in total. The van der Waals surface area contributed by atoms with E-state index < -0.39 is 29.2 Å². The van der Waals surface area contributed by atoms with Crippen molar-refractivity contribution >= 4 is 17.8 Å². The lowest BCUT2D eigenvalue weighted by Crippen LogP contribution is -2.36. The highest BCUT2D eigenvalue weighted by Crippen LogP contribution is 2.17. The first-order valence-electron chi connectivity index (χ1n) is 5.21. The molecule has 1 aromatic heterocycles. The van der Waals surface area contributed by atoms with Gasteiger partial charge in [0.1, 0.15) is 11.5 Å². The number of rotatable bonds is 6. The molecule has 1 N–H and O–H groups in total. The molecule has 0 radical (unpaired) electrons. The summed E-state index contributed by atoms with van der Waals surface area (Å²) >= 11 is 0. The second kappa shape index (κ2) is 5.80. The largest absolute Gasteiger partial charge is 0.480 e. The van der Waals surface area contributed by atoms with Gasteiger partial charge in [0.2, 0.25) is 0 Å². The van der Waals surface area contributed by atoms with Crippen LogP contribution in [0.2, 0.25) is 0 Å². The second-order valence-corrected chi connectivity index (χ2v) is 3.52. The molecule has 0 atom stereocenters. The van der Waals surface area contributed by atoms with Gasteiger partial charge in [0.05, 0.1) is 6.07 Å². The van der Waals surface area contributed by atoms with E-state index in [2.05, 4.69) is 0 Å². The average Bonchev–Trinajstić information content (AvgIpc) is 2.76. The Labute approximate surface area is 102 Å². The van der Waals surface area contributed by atoms with Crippen molar-refractivity contribution in [2.45, 2.75) is 13.3 Å². The third kappa shape index (κ3) is 3.30. The van der Waals surface area contributed by atoms with Crippen LogP contribution in [0.4, 0.5) is 5.88 Å². The van der Waals surface area contributed by atoms with E-state index in [-0.39, 0.29) is 12.3 Å². The highest BCUT2D eigenvalue weighted by molar-refractivity contribution is 5.93. The summed E-state index contributed by atoms with van der Waals surface area (Å²) in [4.78, 5) is 33.2. The Hall–Kier alpha value is -2.38. The zero-order valence-electron chi connectivity index (χ0n) is 9.66. The first-order chi connectivity index (χ1) is 8.45. The Bertz CT molecular complexity index is 467. The zero-order valence-corrected chi connectivity index (χ0v) is 9.66. The number of carbonyl (C=O) groups excluding carboxylic acids is 1. The van der Waals surface area contributed by atoms with Crippen LogP contribution in [0.1, 0.15) is 23.9 Å². The lowest BCUT2D eigenvalue weighted by Gasteiger charge is -2.18. The van der Waals surface area contributed by atoms with Crippen LogP contribution in [0.15, 0.2) is 16.5 Å². The number of carboxylic acids is 1. The minimum absolute atomic E-state index is 0.236. The number of aliphatic carboxylic acids is 1. The Balaban J connectivity index is 2.87. The quantitative estimate of drug-likeness (QED) is 0.602. The van der Waals surface area contributed by atoms with Gasteiger partial charge in [-0.2, -0.15) is 0 Å². The number of nitro groups is 1. The van der Waals surface area contributed by atoms with Crippen LogP contribution in [0.5, 0.6) is 0 Å². The van der Waals surface area contributed by atoms with Crippen molar-refractivity contribution in [2.75, 3.05) is 13.1 Å². The molecule has 18 heavy (non-hydrogen) atoms. The van der Waals surface area contributed by atoms with Crippen molar-refractivity contribution in [3.63, 3.8) is 0 Å². The van der Waals surface area contributed by atoms with E-state index in [1.165, 1.54) is 0 Å². The minimum atomic E-state index is -1.15. The molecule has 1 heterocycles. The van der Waals surface area contributed by atoms with Gasteiger partial charge in [-0.3, -0.25) is 19.7 Å². The Morgan fingerprint density at radius 1 is 1.50 bits per heavy atom. The SMILES string of the molecule is CCCN(CC(=O)O)C(=O)c1ccc([N+](=O)[O-])o1. The van der Waals surface area contributed by atoms with E-state index in [1.807, 2.05) is 0 Å². The molecule has 0 saturated heterocycles. The average molecular weight is 256 g/mol. The summed E-state index contributed by atoms with van der Waals surface area (Å²) in [5.74, 6) is -2.62. The molecule has 0 unspecified atom stereocenters. The molecule has 0 aliphatic heterocycles. The number of hydrogen-bond donors (Lipinski definition) is 1. The van der Waals surface area contributed by atoms with Crippen LogP contribution in [-0.2, 0) is 4.79 Å². The predicted octanol–water partition coefficient (Wildman–Crippen LogP) is 1.12. The van der Waals surface area contributed by atoms with Crippen LogP contribution < -0.4 is 0 Å². The molecular formula is C10H12N2O6. The van der Waals surface area contributed by atoms with Crippen LogP contribution in [0.25, 0.3) is 0 Å². The molecule has 1 aromatic rings. The summed E-state index contributed by atoms with van der Waals surface area (Å²) in [5, 5.41) is 19.1. The summed E-state index contributed by atoms with van der Waals surface area (Å²) < 4.78 is 4.73. The van der Waals surface area contributed by atoms with Crippen LogP contribution in [-0.4, -0.2) is 39.9 Å². The van der Waals surface area contributed by atoms with Gasteiger partial charge in [-0.05, 0) is 12.5 Å². The smallest absolute Gasteiger partial charge is 0.433 e. The summed E-state index contributed by atoms with van der Waals surface area (Å²) in [6.45, 7) is 1.55. The molecule has 0 aliphatic rings. The van der Waals surface area contributed by atoms with Gasteiger partial charge in [0, 0.05) is 6.54 Å². The van der Waals surface area contributed by atoms with Crippen molar-refractivity contribution in [2.24, 2.45) is 0 Å². The minimum Gasteiger partial charge on any atom is -0.480 e. The van der Waals surface area contributed by atoms with Gasteiger partial charge in [0.15, 0.2) is 5.76 Å². The monoisotopic (exact) mass is 256 g/mol. The molecule has 1 amide bonds. The Morgan fingerprint density at radius 2 is 2.17 bits per heavy atom. The fourth-order valence-electron chi connectivity index (χ4n) is 1.38. The fraction of sp³-hybridized carbons (Fsp3) is 0.400. The summed E-state index contributed by atoms with van der Waals surface area (Å²) in [7, 11) is 0. The van der Waals surface area contributed by atoms with Gasteiger partial charge >= 0.3 is 11.9 Å². The maximum atomic E-state index is 11.9. The molecule has 0 aliphatic carbocycles. The number of carbonyl (C=O) groups is 2. The van der Waals surface area contributed by atoms with Crippen molar-refractivity contribution in [1.29, 1.82) is 0 Å². The highest BCUT2D eigenvalue weighted by atomic mass is 16.6. The van der Waals surface area contributed by atoms with E-state index >= 15 is 0 Å². The molecule has 0 spiro atoms. The van der Waals surface area contributed by atoms with Crippen LogP contribution in [0, 0.1) is 10.1 Å². The molecule has 0 bridgehead atoms. The van der Waals surface area contributed by atoms with Gasteiger partial charge in [-0.25, -0.2) is 0 Å². The van der Waals surface area contributed by atoms with Gasteiger partial charge in [-0.15, -0.1) is 0 Å². The van der Waals surface area contributed by atoms with E-state index in [1.54, 1.807) is 6.92 Å². The number of carboxylic acid groups (broad SMARTS) is 1. The van der Waals surface area contributed by atoms with E-state index in [4.69, 9.17) is 9.52 Å². The number of furan rings is 1. The third-order valence-corrected chi connectivity index (χ3v) is 2.09. The highest BCUT2D eigenvalue weighted by Gasteiger charge is 2.23.